The summed E-state index contributed by atoms with van der Waals surface area (Å²) in [7, 11) is 0. The first-order valence-electron chi connectivity index (χ1n) is 11.4. The minimum atomic E-state index is -0.344. The number of hydrogen-bond donors (Lipinski definition) is 1. The van der Waals surface area contributed by atoms with E-state index in [4.69, 9.17) is 32.7 Å². The fraction of sp³-hybridized carbons (Fsp3) is 0.269. The highest BCUT2D eigenvalue weighted by molar-refractivity contribution is 6.35. The molecule has 0 spiro atoms. The molecule has 35 heavy (non-hydrogen) atoms. The zero-order valence-electron chi connectivity index (χ0n) is 19.2. The number of aromatic nitrogens is 4. The Morgan fingerprint density at radius 1 is 1.09 bits per heavy atom. The molecule has 9 heteroatoms. The van der Waals surface area contributed by atoms with Crippen molar-refractivity contribution in [2.75, 3.05) is 26.3 Å². The van der Waals surface area contributed by atoms with Crippen molar-refractivity contribution in [3.63, 3.8) is 0 Å². The lowest BCUT2D eigenvalue weighted by molar-refractivity contribution is 0.0336. The number of morpholine rings is 1. The van der Waals surface area contributed by atoms with Gasteiger partial charge in [0.1, 0.15) is 11.9 Å². The topological polar surface area (TPSA) is 76.2 Å². The molecule has 1 atom stereocenters. The largest absolute Gasteiger partial charge is 0.486 e. The molecule has 1 aromatic carbocycles. The molecule has 180 valence electrons. The number of halogens is 2. The average molecular weight is 510 g/mol. The molecule has 1 aliphatic rings. The molecule has 1 fully saturated rings. The third kappa shape index (κ3) is 5.65. The Kier molecular flexibility index (Phi) is 7.29. The maximum atomic E-state index is 6.29. The molecule has 0 bridgehead atoms. The number of pyridine rings is 2. The Hall–Kier alpha value is -2.97. The van der Waals surface area contributed by atoms with Crippen LogP contribution in [0.15, 0.2) is 48.9 Å². The highest BCUT2D eigenvalue weighted by Gasteiger charge is 2.17. The van der Waals surface area contributed by atoms with Gasteiger partial charge in [0.15, 0.2) is 0 Å². The zero-order valence-corrected chi connectivity index (χ0v) is 20.8. The first kappa shape index (κ1) is 23.8. The summed E-state index contributed by atoms with van der Waals surface area (Å²) < 4.78 is 11.6. The van der Waals surface area contributed by atoms with Crippen LogP contribution >= 0.6 is 23.2 Å². The van der Waals surface area contributed by atoms with Crippen molar-refractivity contribution < 1.29 is 9.47 Å². The zero-order chi connectivity index (χ0) is 24.2. The second-order valence-electron chi connectivity index (χ2n) is 8.40. The van der Waals surface area contributed by atoms with Gasteiger partial charge in [0.25, 0.3) is 0 Å². The number of aromatic amines is 1. The third-order valence-corrected chi connectivity index (χ3v) is 6.55. The first-order valence-corrected chi connectivity index (χ1v) is 12.2. The van der Waals surface area contributed by atoms with Crippen LogP contribution in [0.3, 0.4) is 0 Å². The maximum absolute atomic E-state index is 6.29. The Morgan fingerprint density at radius 2 is 1.89 bits per heavy atom. The van der Waals surface area contributed by atoms with Gasteiger partial charge in [-0.05, 0) is 42.8 Å². The summed E-state index contributed by atoms with van der Waals surface area (Å²) in [6, 6.07) is 9.94. The summed E-state index contributed by atoms with van der Waals surface area (Å²) in [5, 5.41) is 9.43. The number of H-pyrrole nitrogens is 1. The molecule has 1 N–H and O–H groups in total. The van der Waals surface area contributed by atoms with Crippen molar-refractivity contribution in [2.45, 2.75) is 19.6 Å². The van der Waals surface area contributed by atoms with E-state index < -0.39 is 0 Å². The summed E-state index contributed by atoms with van der Waals surface area (Å²) in [6.45, 7) is 6.22. The Bertz CT molecular complexity index is 1310. The smallest absolute Gasteiger partial charge is 0.124 e. The van der Waals surface area contributed by atoms with Gasteiger partial charge in [0, 0.05) is 49.2 Å². The van der Waals surface area contributed by atoms with Crippen molar-refractivity contribution in [2.24, 2.45) is 0 Å². The average Bonchev–Trinajstić information content (AvgIpc) is 3.26. The highest BCUT2D eigenvalue weighted by Crippen LogP contribution is 2.33. The summed E-state index contributed by atoms with van der Waals surface area (Å²) in [6.07, 6.45) is 8.65. The summed E-state index contributed by atoms with van der Waals surface area (Å²) in [4.78, 5) is 11.0. The molecule has 4 aromatic rings. The quantitative estimate of drug-likeness (QED) is 0.339. The van der Waals surface area contributed by atoms with Crippen molar-refractivity contribution in [1.29, 1.82) is 0 Å². The lowest BCUT2D eigenvalue weighted by Crippen LogP contribution is -2.35. The second-order valence-corrected chi connectivity index (χ2v) is 9.21. The number of hydrogen-bond acceptors (Lipinski definition) is 6. The fourth-order valence-corrected chi connectivity index (χ4v) is 4.75. The van der Waals surface area contributed by atoms with Crippen molar-refractivity contribution in [3.05, 3.63) is 81.5 Å². The highest BCUT2D eigenvalue weighted by atomic mass is 35.5. The minimum absolute atomic E-state index is 0.344. The molecule has 3 aromatic heterocycles. The van der Waals surface area contributed by atoms with E-state index in [1.165, 1.54) is 0 Å². The predicted molar refractivity (Wildman–Crippen MR) is 139 cm³/mol. The van der Waals surface area contributed by atoms with Gasteiger partial charge in [-0.25, -0.2) is 0 Å². The molecule has 0 aliphatic carbocycles. The molecule has 4 heterocycles. The van der Waals surface area contributed by atoms with E-state index in [2.05, 4.69) is 37.2 Å². The lowest BCUT2D eigenvalue weighted by Gasteiger charge is -2.26. The van der Waals surface area contributed by atoms with Gasteiger partial charge in [-0.1, -0.05) is 35.3 Å². The molecule has 1 unspecified atom stereocenters. The maximum Gasteiger partial charge on any atom is 0.124 e. The van der Waals surface area contributed by atoms with Crippen molar-refractivity contribution in [3.8, 4) is 5.75 Å². The van der Waals surface area contributed by atoms with E-state index in [1.807, 2.05) is 43.5 Å². The molecule has 0 amide bonds. The number of benzene rings is 1. The van der Waals surface area contributed by atoms with Crippen LogP contribution in [0, 0.1) is 0 Å². The predicted octanol–water partition coefficient (Wildman–Crippen LogP) is 5.80. The van der Waals surface area contributed by atoms with Crippen LogP contribution in [0.5, 0.6) is 5.75 Å². The molecule has 0 saturated carbocycles. The summed E-state index contributed by atoms with van der Waals surface area (Å²) in [5.74, 6) is 0.694. The van der Waals surface area contributed by atoms with E-state index >= 15 is 0 Å². The SMILES string of the molecule is CC(Oc1ccc2[nH]nc(/C=C/c3ccc(CN4CCOCC4)nc3)c2c1)c1c(Cl)cncc1Cl. The van der Waals surface area contributed by atoms with Crippen LogP contribution in [0.2, 0.25) is 10.0 Å². The van der Waals surface area contributed by atoms with Crippen LogP contribution in [0.25, 0.3) is 23.1 Å². The molecular weight excluding hydrogens is 485 g/mol. The van der Waals surface area contributed by atoms with Gasteiger partial charge in [-0.2, -0.15) is 5.10 Å². The fourth-order valence-electron chi connectivity index (χ4n) is 4.08. The van der Waals surface area contributed by atoms with Crippen molar-refractivity contribution in [1.82, 2.24) is 25.1 Å². The van der Waals surface area contributed by atoms with Crippen LogP contribution in [-0.2, 0) is 11.3 Å². The molecule has 7 nitrogen and oxygen atoms in total. The summed E-state index contributed by atoms with van der Waals surface area (Å²) >= 11 is 12.6. The number of fused-ring (bicyclic) bond motifs is 1. The monoisotopic (exact) mass is 509 g/mol. The van der Waals surface area contributed by atoms with Crippen LogP contribution < -0.4 is 4.74 Å². The van der Waals surface area contributed by atoms with Crippen LogP contribution in [-0.4, -0.2) is 51.4 Å². The van der Waals surface area contributed by atoms with Gasteiger partial charge >= 0.3 is 0 Å². The van der Waals surface area contributed by atoms with E-state index in [1.54, 1.807) is 12.4 Å². The molecular formula is C26H25Cl2N5O2. The van der Waals surface area contributed by atoms with E-state index in [0.29, 0.717) is 21.4 Å². The van der Waals surface area contributed by atoms with E-state index in [9.17, 15) is 0 Å². The van der Waals surface area contributed by atoms with Crippen molar-refractivity contribution >= 4 is 46.3 Å². The number of rotatable bonds is 7. The van der Waals surface area contributed by atoms with E-state index in [0.717, 1.165) is 60.7 Å². The van der Waals surface area contributed by atoms with Crippen LogP contribution in [0.4, 0.5) is 0 Å². The summed E-state index contributed by atoms with van der Waals surface area (Å²) in [5.41, 5.74) is 4.51. The van der Waals surface area contributed by atoms with Gasteiger partial charge in [-0.15, -0.1) is 0 Å². The second kappa shape index (κ2) is 10.7. The van der Waals surface area contributed by atoms with Gasteiger partial charge < -0.3 is 9.47 Å². The Labute approximate surface area is 213 Å². The molecule has 1 saturated heterocycles. The number of ether oxygens (including phenoxy) is 2. The third-order valence-electron chi connectivity index (χ3n) is 5.94. The normalized spacial score (nSPS) is 15.6. The van der Waals surface area contributed by atoms with Gasteiger partial charge in [0.05, 0.1) is 40.2 Å². The number of nitrogens with one attached hydrogen (secondary N) is 1. The van der Waals surface area contributed by atoms with Gasteiger partial charge in [-0.3, -0.25) is 20.0 Å². The molecule has 1 aliphatic heterocycles. The van der Waals surface area contributed by atoms with E-state index in [-0.39, 0.29) is 6.10 Å². The molecule has 5 rings (SSSR count). The number of nitrogens with zero attached hydrogens (tertiary/aromatic N) is 4. The Balaban J connectivity index is 1.29. The minimum Gasteiger partial charge on any atom is -0.486 e. The lowest BCUT2D eigenvalue weighted by atomic mass is 10.1. The Morgan fingerprint density at radius 3 is 2.63 bits per heavy atom. The standard InChI is InChI=1S/C26H25Cl2N5O2/c1-17(26-22(27)14-29-15-23(26)28)35-20-5-7-25-21(12-20)24(31-32-25)6-3-18-2-4-19(30-13-18)16-33-8-10-34-11-9-33/h2-7,12-15,17H,8-11,16H2,1H3,(H,31,32)/b6-3+. The first-order chi connectivity index (χ1) is 17.1. The molecule has 0 radical (unpaired) electrons. The van der Waals surface area contributed by atoms with Crippen LogP contribution in [0.1, 0.15) is 35.5 Å². The van der Waals surface area contributed by atoms with Gasteiger partial charge in [0.2, 0.25) is 0 Å².